The minimum absolute atomic E-state index is 0.0559. The predicted octanol–water partition coefficient (Wildman–Crippen LogP) is 4.75. The number of alkyl halides is 2. The fourth-order valence-electron chi connectivity index (χ4n) is 5.09. The van der Waals surface area contributed by atoms with Gasteiger partial charge in [-0.05, 0) is 43.6 Å². The van der Waals surface area contributed by atoms with Gasteiger partial charge in [-0.1, -0.05) is 5.16 Å². The molecule has 0 amide bonds. The second-order valence-electron chi connectivity index (χ2n) is 10.4. The number of hydrogen-bond donors (Lipinski definition) is 4. The summed E-state index contributed by atoms with van der Waals surface area (Å²) < 4.78 is 98.8. The number of piperidine rings is 1. The molecule has 3 heterocycles. The van der Waals surface area contributed by atoms with Crippen LogP contribution in [0.5, 0.6) is 17.2 Å². The number of nitrogens with one attached hydrogen (secondary N) is 3. The number of nitrogens with zero attached hydrogens (tertiary/aromatic N) is 3. The molecule has 4 N–H and O–H groups in total. The van der Waals surface area contributed by atoms with Crippen molar-refractivity contribution in [3.8, 4) is 17.2 Å². The number of phenols is 1. The lowest BCUT2D eigenvalue weighted by Crippen LogP contribution is -2.43. The topological polar surface area (TPSA) is 155 Å². The normalized spacial score (nSPS) is 20.5. The Labute approximate surface area is 244 Å². The summed E-state index contributed by atoms with van der Waals surface area (Å²) in [6, 6.07) is 6.80. The molecule has 224 valence electrons. The maximum Gasteiger partial charge on any atom is 0.270 e. The van der Waals surface area contributed by atoms with Crippen molar-refractivity contribution in [2.75, 3.05) is 44.3 Å². The Morgan fingerprint density at radius 2 is 1.93 bits per heavy atom. The highest BCUT2D eigenvalue weighted by Crippen LogP contribution is 2.45. The standard InChI is InChI=1S/C27H30F2N6O6S/c1-35-7-6-27(28,29)17(13-35)15-8-22(39-2)25(23(9-15)40-3)42(37,38)34-26-16-10-20(36)19(11-21(16)41-33-26)30-24-12-18(31-32-24)14-4-5-14/h8-12,14,17,36H,4-7,13H2,1-3H3,(H,33,34)(H2,30,31,32)/t17-/m1/s1/i1D3. The molecule has 1 saturated heterocycles. The Morgan fingerprint density at radius 1 is 1.19 bits per heavy atom. The number of aromatic amines is 1. The first-order valence-corrected chi connectivity index (χ1v) is 14.5. The van der Waals surface area contributed by atoms with Crippen molar-refractivity contribution in [2.45, 2.75) is 41.9 Å². The molecular weight excluding hydrogens is 574 g/mol. The summed E-state index contributed by atoms with van der Waals surface area (Å²) in [5, 5.41) is 24.8. The molecule has 2 aromatic heterocycles. The highest BCUT2D eigenvalue weighted by Gasteiger charge is 2.45. The molecular formula is C27H30F2N6O6S. The third-order valence-electron chi connectivity index (χ3n) is 7.48. The molecule has 15 heteroatoms. The van der Waals surface area contributed by atoms with Gasteiger partial charge in [0.25, 0.3) is 15.9 Å². The number of fused-ring (bicyclic) bond motifs is 1. The van der Waals surface area contributed by atoms with Crippen molar-refractivity contribution in [2.24, 2.45) is 0 Å². The highest BCUT2D eigenvalue weighted by atomic mass is 32.2. The summed E-state index contributed by atoms with van der Waals surface area (Å²) >= 11 is 0. The molecule has 1 atom stereocenters. The van der Waals surface area contributed by atoms with Crippen LogP contribution >= 0.6 is 0 Å². The van der Waals surface area contributed by atoms with Gasteiger partial charge in [-0.3, -0.25) is 9.82 Å². The number of sulfonamides is 1. The molecule has 0 unspecified atom stereocenters. The van der Waals surface area contributed by atoms with Crippen LogP contribution in [-0.2, 0) is 10.0 Å². The lowest BCUT2D eigenvalue weighted by Gasteiger charge is -2.37. The van der Waals surface area contributed by atoms with Gasteiger partial charge in [-0.2, -0.15) is 5.10 Å². The molecule has 42 heavy (non-hydrogen) atoms. The summed E-state index contributed by atoms with van der Waals surface area (Å²) in [6.07, 6.45) is 1.47. The Bertz CT molecular complexity index is 1840. The SMILES string of the molecule is [2H]C([2H])([2H])N1CCC(F)(F)[C@@H](c2cc(OC)c(S(=O)(=O)Nc3noc4cc(Nc5cc(C6CC6)[nH]n5)c(O)cc34)c(OC)c2)C1. The maximum atomic E-state index is 15.1. The second-order valence-corrected chi connectivity index (χ2v) is 12.0. The van der Waals surface area contributed by atoms with Crippen molar-refractivity contribution in [1.82, 2.24) is 20.3 Å². The number of likely N-dealkylation sites (tertiary alicyclic amines) is 1. The number of rotatable bonds is 9. The van der Waals surface area contributed by atoms with E-state index in [-0.39, 0.29) is 51.8 Å². The molecule has 2 aliphatic rings. The largest absolute Gasteiger partial charge is 0.506 e. The van der Waals surface area contributed by atoms with Gasteiger partial charge >= 0.3 is 0 Å². The summed E-state index contributed by atoms with van der Waals surface area (Å²) in [5.74, 6) is -5.05. The number of likely N-dealkylation sites (N-methyl/N-ethyl adjacent to an activating group) is 1. The molecule has 0 radical (unpaired) electrons. The Hall–Kier alpha value is -4.11. The Balaban J connectivity index is 1.30. The van der Waals surface area contributed by atoms with Gasteiger partial charge in [-0.15, -0.1) is 0 Å². The molecule has 4 aromatic rings. The smallest absolute Gasteiger partial charge is 0.270 e. The highest BCUT2D eigenvalue weighted by molar-refractivity contribution is 7.93. The third kappa shape index (κ3) is 5.17. The van der Waals surface area contributed by atoms with E-state index in [0.717, 1.165) is 49.8 Å². The van der Waals surface area contributed by atoms with E-state index in [1.165, 1.54) is 12.1 Å². The van der Waals surface area contributed by atoms with Crippen molar-refractivity contribution < 1.29 is 40.4 Å². The number of ether oxygens (including phenoxy) is 2. The Morgan fingerprint density at radius 3 is 2.60 bits per heavy atom. The molecule has 12 nitrogen and oxygen atoms in total. The van der Waals surface area contributed by atoms with Crippen LogP contribution in [0, 0.1) is 0 Å². The van der Waals surface area contributed by atoms with Crippen LogP contribution in [0.4, 0.5) is 26.1 Å². The van der Waals surface area contributed by atoms with Gasteiger partial charge in [0.15, 0.2) is 22.1 Å². The van der Waals surface area contributed by atoms with Gasteiger partial charge in [0.05, 0.1) is 31.2 Å². The number of halogens is 2. The van der Waals surface area contributed by atoms with Crippen LogP contribution in [0.15, 0.2) is 39.8 Å². The number of aromatic hydroxyl groups is 1. The fraction of sp³-hybridized carbons (Fsp3) is 0.407. The quantitative estimate of drug-likeness (QED) is 0.196. The number of aromatic nitrogens is 3. The molecule has 1 aliphatic heterocycles. The summed E-state index contributed by atoms with van der Waals surface area (Å²) in [5.41, 5.74) is 1.31. The van der Waals surface area contributed by atoms with Crippen molar-refractivity contribution in [3.63, 3.8) is 0 Å². The van der Waals surface area contributed by atoms with E-state index in [9.17, 15) is 13.5 Å². The molecule has 2 aromatic carbocycles. The number of phenolic OH excluding ortho intramolecular Hbond substituents is 1. The molecule has 6 rings (SSSR count). The minimum atomic E-state index is -4.56. The Kier molecular flexibility index (Phi) is 6.01. The zero-order valence-corrected chi connectivity index (χ0v) is 23.4. The molecule has 1 aliphatic carbocycles. The molecule has 2 fully saturated rings. The van der Waals surface area contributed by atoms with Gasteiger partial charge in [0.2, 0.25) is 0 Å². The maximum absolute atomic E-state index is 15.1. The van der Waals surface area contributed by atoms with Gasteiger partial charge < -0.3 is 29.3 Å². The lowest BCUT2D eigenvalue weighted by atomic mass is 9.87. The van der Waals surface area contributed by atoms with E-state index in [2.05, 4.69) is 25.4 Å². The second kappa shape index (κ2) is 10.3. The van der Waals surface area contributed by atoms with Crippen LogP contribution < -0.4 is 19.5 Å². The zero-order valence-electron chi connectivity index (χ0n) is 25.6. The average molecular weight is 608 g/mol. The van der Waals surface area contributed by atoms with E-state index < -0.39 is 46.7 Å². The van der Waals surface area contributed by atoms with E-state index in [1.807, 2.05) is 6.07 Å². The van der Waals surface area contributed by atoms with Crippen LogP contribution in [0.2, 0.25) is 0 Å². The van der Waals surface area contributed by atoms with Gasteiger partial charge in [0.1, 0.15) is 17.2 Å². The van der Waals surface area contributed by atoms with E-state index in [1.54, 1.807) is 0 Å². The summed E-state index contributed by atoms with van der Waals surface area (Å²) in [6.45, 7) is -3.40. The van der Waals surface area contributed by atoms with Gasteiger partial charge in [0, 0.05) is 47.4 Å². The van der Waals surface area contributed by atoms with E-state index >= 15 is 8.78 Å². The average Bonchev–Trinajstić information content (AvgIpc) is 3.61. The predicted molar refractivity (Wildman–Crippen MR) is 150 cm³/mol. The fourth-order valence-corrected chi connectivity index (χ4v) is 6.40. The number of hydrogen-bond acceptors (Lipinski definition) is 10. The van der Waals surface area contributed by atoms with Crippen LogP contribution in [0.3, 0.4) is 0 Å². The minimum Gasteiger partial charge on any atom is -0.506 e. The van der Waals surface area contributed by atoms with E-state index in [0.29, 0.717) is 11.7 Å². The van der Waals surface area contributed by atoms with Crippen molar-refractivity contribution in [1.29, 1.82) is 0 Å². The first-order valence-electron chi connectivity index (χ1n) is 14.6. The molecule has 1 saturated carbocycles. The van der Waals surface area contributed by atoms with Crippen molar-refractivity contribution >= 4 is 38.3 Å². The number of benzene rings is 2. The summed E-state index contributed by atoms with van der Waals surface area (Å²) in [7, 11) is -2.24. The third-order valence-corrected chi connectivity index (χ3v) is 8.88. The van der Waals surface area contributed by atoms with Gasteiger partial charge in [-0.25, -0.2) is 17.2 Å². The monoisotopic (exact) mass is 607 g/mol. The lowest BCUT2D eigenvalue weighted by molar-refractivity contribution is -0.0713. The number of anilines is 3. The van der Waals surface area contributed by atoms with Crippen LogP contribution in [0.25, 0.3) is 11.0 Å². The first-order chi connectivity index (χ1) is 21.2. The van der Waals surface area contributed by atoms with E-state index in [4.69, 9.17) is 18.1 Å². The number of methoxy groups -OCH3 is 2. The molecule has 0 bridgehead atoms. The summed E-state index contributed by atoms with van der Waals surface area (Å²) in [4.78, 5) is 0.471. The van der Waals surface area contributed by atoms with Crippen LogP contribution in [0.1, 0.15) is 46.5 Å². The first kappa shape index (κ1) is 24.5. The zero-order chi connectivity index (χ0) is 32.3. The number of H-pyrrole nitrogens is 1. The van der Waals surface area contributed by atoms with Crippen molar-refractivity contribution in [3.05, 3.63) is 41.6 Å². The van der Waals surface area contributed by atoms with Crippen LogP contribution in [-0.4, -0.2) is 74.0 Å². The molecule has 0 spiro atoms.